The molecule has 0 atom stereocenters. The molecular formula is C42H49F3IrNO3S-. The SMILES string of the molecule is CC(C)(C)C(=O)/C=C(\O)C(C)(C)C.CC(C)(C)Cc1ccc(-c2sc3c(-c4[c-]c5ccccc5c(C(C)(C)C)c4)nccc3c2C(F)(F)F)o1.[Ir]. The number of fused-ring (bicyclic) bond motifs is 2. The smallest absolute Gasteiger partial charge is 0.418 e. The van der Waals surface area contributed by atoms with E-state index in [4.69, 9.17) is 4.42 Å². The number of hydrogen-bond donors (Lipinski definition) is 1. The molecule has 0 saturated carbocycles. The number of benzene rings is 2. The van der Waals surface area contributed by atoms with Crippen molar-refractivity contribution >= 4 is 38.0 Å². The molecule has 0 bridgehead atoms. The molecule has 0 saturated heterocycles. The van der Waals surface area contributed by atoms with Crippen molar-refractivity contribution in [1.82, 2.24) is 4.98 Å². The fraction of sp³-hybridized carbons (Fsp3) is 0.429. The number of halogens is 3. The fourth-order valence-electron chi connectivity index (χ4n) is 5.32. The largest absolute Gasteiger partial charge is 0.512 e. The summed E-state index contributed by atoms with van der Waals surface area (Å²) in [5.41, 5.74) is 0.620. The molecule has 9 heteroatoms. The summed E-state index contributed by atoms with van der Waals surface area (Å²) in [5.74, 6) is 1.01. The van der Waals surface area contributed by atoms with Gasteiger partial charge in [0.05, 0.1) is 10.4 Å². The summed E-state index contributed by atoms with van der Waals surface area (Å²) >= 11 is 1.08. The van der Waals surface area contributed by atoms with Gasteiger partial charge in [-0.1, -0.05) is 112 Å². The molecule has 277 valence electrons. The molecule has 4 nitrogen and oxygen atoms in total. The van der Waals surface area contributed by atoms with E-state index in [9.17, 15) is 23.1 Å². The Hall–Kier alpha value is -3.26. The van der Waals surface area contributed by atoms with E-state index in [-0.39, 0.29) is 63.9 Å². The van der Waals surface area contributed by atoms with E-state index in [2.05, 4.69) is 58.7 Å². The molecule has 0 aliphatic carbocycles. The van der Waals surface area contributed by atoms with E-state index < -0.39 is 17.2 Å². The van der Waals surface area contributed by atoms with Crippen molar-refractivity contribution in [3.05, 3.63) is 89.5 Å². The van der Waals surface area contributed by atoms with Crippen molar-refractivity contribution in [3.8, 4) is 21.9 Å². The van der Waals surface area contributed by atoms with Crippen LogP contribution in [0.15, 0.2) is 71.0 Å². The standard InChI is InChI=1S/C31H29F3NOS.C11H20O2.Ir/c1-29(2,3)17-20-11-12-24(36-20)28-25(31(32,33)34)22-13-14-35-26(27(22)37-28)19-15-18-9-7-8-10-21(18)23(16-19)30(4,5)6;1-10(2,3)8(12)7-9(13)11(4,5)6;/h7-14,16H,17H2,1-6H3;7,12H,1-6H3;/q-1;;/b;8-7-;. The van der Waals surface area contributed by atoms with Crippen LogP contribution in [0.3, 0.4) is 0 Å². The minimum atomic E-state index is -4.55. The van der Waals surface area contributed by atoms with E-state index in [1.165, 1.54) is 18.3 Å². The number of ketones is 1. The van der Waals surface area contributed by atoms with Crippen LogP contribution in [0.2, 0.25) is 0 Å². The maximum Gasteiger partial charge on any atom is 0.418 e. The van der Waals surface area contributed by atoms with Crippen molar-refractivity contribution in [3.63, 3.8) is 0 Å². The molecule has 1 N–H and O–H groups in total. The molecule has 3 aromatic heterocycles. The van der Waals surface area contributed by atoms with Crippen LogP contribution < -0.4 is 0 Å². The van der Waals surface area contributed by atoms with Crippen LogP contribution in [0.5, 0.6) is 0 Å². The Kier molecular flexibility index (Phi) is 12.4. The van der Waals surface area contributed by atoms with Crippen molar-refractivity contribution in [2.45, 2.75) is 101 Å². The molecule has 1 radical (unpaired) electrons. The van der Waals surface area contributed by atoms with Gasteiger partial charge < -0.3 is 9.52 Å². The number of allylic oxidation sites excluding steroid dienone is 2. The number of aromatic nitrogens is 1. The predicted molar refractivity (Wildman–Crippen MR) is 201 cm³/mol. The number of nitrogens with zero attached hydrogens (tertiary/aromatic N) is 1. The molecular weight excluding hydrogens is 848 g/mol. The Morgan fingerprint density at radius 2 is 1.51 bits per heavy atom. The van der Waals surface area contributed by atoms with Crippen LogP contribution in [-0.2, 0) is 42.9 Å². The number of aliphatic hydroxyl groups excluding tert-OH is 1. The molecule has 2 aromatic carbocycles. The summed E-state index contributed by atoms with van der Waals surface area (Å²) in [6.45, 7) is 23.7. The van der Waals surface area contributed by atoms with Crippen LogP contribution in [0.4, 0.5) is 13.2 Å². The van der Waals surface area contributed by atoms with Gasteiger partial charge in [-0.25, -0.2) is 0 Å². The Labute approximate surface area is 317 Å². The molecule has 51 heavy (non-hydrogen) atoms. The number of carbonyl (C=O) groups is 1. The number of alkyl halides is 3. The monoisotopic (exact) mass is 897 g/mol. The zero-order chi connectivity index (χ0) is 37.6. The second-order valence-corrected chi connectivity index (χ2v) is 18.2. The minimum Gasteiger partial charge on any atom is -0.512 e. The Bertz CT molecular complexity index is 2040. The first-order valence-corrected chi connectivity index (χ1v) is 17.6. The van der Waals surface area contributed by atoms with E-state index in [1.54, 1.807) is 12.1 Å². The molecule has 0 amide bonds. The van der Waals surface area contributed by atoms with Crippen molar-refractivity contribution < 1.29 is 47.6 Å². The molecule has 0 spiro atoms. The molecule has 0 fully saturated rings. The summed E-state index contributed by atoms with van der Waals surface area (Å²) in [7, 11) is 0. The van der Waals surface area contributed by atoms with Crippen molar-refractivity contribution in [2.24, 2.45) is 16.2 Å². The Morgan fingerprint density at radius 3 is 2.06 bits per heavy atom. The van der Waals surface area contributed by atoms with Crippen LogP contribution in [0.25, 0.3) is 42.8 Å². The predicted octanol–water partition coefficient (Wildman–Crippen LogP) is 13.2. The topological polar surface area (TPSA) is 63.3 Å². The average Bonchev–Trinajstić information content (AvgIpc) is 3.59. The second-order valence-electron chi connectivity index (χ2n) is 17.1. The maximum absolute atomic E-state index is 14.5. The average molecular weight is 897 g/mol. The molecule has 5 rings (SSSR count). The summed E-state index contributed by atoms with van der Waals surface area (Å²) in [6.07, 6.45) is -1.13. The zero-order valence-electron chi connectivity index (χ0n) is 31.6. The number of aliphatic hydroxyl groups is 1. The first-order chi connectivity index (χ1) is 22.8. The third kappa shape index (κ3) is 10.2. The molecule has 0 aliphatic heterocycles. The summed E-state index contributed by atoms with van der Waals surface area (Å²) < 4.78 is 49.9. The van der Waals surface area contributed by atoms with Crippen LogP contribution in [0.1, 0.15) is 100.0 Å². The molecule has 0 aliphatic rings. The maximum atomic E-state index is 14.5. The number of rotatable bonds is 4. The van der Waals surface area contributed by atoms with Gasteiger partial charge in [-0.2, -0.15) is 13.2 Å². The number of furan rings is 1. The van der Waals surface area contributed by atoms with Gasteiger partial charge in [0.2, 0.25) is 0 Å². The van der Waals surface area contributed by atoms with E-state index >= 15 is 0 Å². The van der Waals surface area contributed by atoms with Gasteiger partial charge in [-0.05, 0) is 29.0 Å². The summed E-state index contributed by atoms with van der Waals surface area (Å²) in [5, 5.41) is 11.7. The molecule has 3 heterocycles. The Balaban J connectivity index is 0.000000430. The van der Waals surface area contributed by atoms with Gasteiger partial charge in [-0.3, -0.25) is 9.78 Å². The van der Waals surface area contributed by atoms with E-state index in [0.717, 1.165) is 27.7 Å². The number of pyridine rings is 1. The van der Waals surface area contributed by atoms with Gasteiger partial charge in [0.15, 0.2) is 5.78 Å². The van der Waals surface area contributed by atoms with Gasteiger partial charge >= 0.3 is 6.18 Å². The van der Waals surface area contributed by atoms with Crippen LogP contribution in [0, 0.1) is 22.3 Å². The van der Waals surface area contributed by atoms with Crippen molar-refractivity contribution in [1.29, 1.82) is 0 Å². The van der Waals surface area contributed by atoms with E-state index in [0.29, 0.717) is 28.1 Å². The Morgan fingerprint density at radius 1 is 0.882 bits per heavy atom. The summed E-state index contributed by atoms with van der Waals surface area (Å²) in [6, 6.07) is 18.3. The first-order valence-electron chi connectivity index (χ1n) is 16.8. The second kappa shape index (κ2) is 15.0. The number of thiophene rings is 1. The van der Waals surface area contributed by atoms with Gasteiger partial charge in [0.1, 0.15) is 17.3 Å². The third-order valence-electron chi connectivity index (χ3n) is 8.09. The molecule has 5 aromatic rings. The fourth-order valence-corrected chi connectivity index (χ4v) is 6.61. The van der Waals surface area contributed by atoms with Crippen molar-refractivity contribution in [2.75, 3.05) is 0 Å². The number of carbonyl (C=O) groups excluding carboxylic acids is 1. The summed E-state index contributed by atoms with van der Waals surface area (Å²) in [4.78, 5) is 16.1. The van der Waals surface area contributed by atoms with E-state index in [1.807, 2.05) is 65.8 Å². The van der Waals surface area contributed by atoms with Gasteiger partial charge in [-0.15, -0.1) is 40.5 Å². The minimum absolute atomic E-state index is 0. The quantitative estimate of drug-likeness (QED) is 0.111. The number of hydrogen-bond acceptors (Lipinski definition) is 5. The third-order valence-corrected chi connectivity index (χ3v) is 9.32. The normalized spacial score (nSPS) is 13.2. The van der Waals surface area contributed by atoms with Gasteiger partial charge in [0.25, 0.3) is 0 Å². The van der Waals surface area contributed by atoms with Crippen LogP contribution >= 0.6 is 11.3 Å². The molecule has 0 unspecified atom stereocenters. The van der Waals surface area contributed by atoms with Gasteiger partial charge in [0, 0.05) is 65.4 Å². The zero-order valence-corrected chi connectivity index (χ0v) is 34.8. The van der Waals surface area contributed by atoms with Crippen LogP contribution in [-0.4, -0.2) is 15.9 Å². The first kappa shape index (κ1) is 42.2.